The smallest absolute Gasteiger partial charge is 0.232 e. The van der Waals surface area contributed by atoms with Crippen molar-refractivity contribution in [3.63, 3.8) is 0 Å². The van der Waals surface area contributed by atoms with Gasteiger partial charge in [0.1, 0.15) is 18.8 Å². The van der Waals surface area contributed by atoms with Gasteiger partial charge in [-0.1, -0.05) is 95.1 Å². The first kappa shape index (κ1) is 19.4. The maximum Gasteiger partial charge on any atom is 0.244 e. The van der Waals surface area contributed by atoms with Crippen LogP contribution in [0.3, 0.4) is 0 Å². The van der Waals surface area contributed by atoms with E-state index in [0.717, 1.165) is 13.0 Å². The van der Waals surface area contributed by atoms with Gasteiger partial charge in [-0.05, 0) is 17.5 Å². The van der Waals surface area contributed by atoms with E-state index in [4.69, 9.17) is 0 Å². The molecule has 3 aromatic rings. The molecule has 1 aromatic heterocycles. The van der Waals surface area contributed by atoms with E-state index in [1.165, 1.54) is 35.2 Å². The monoisotopic (exact) mass is 361 g/mol. The third-order valence-electron chi connectivity index (χ3n) is 5.63. The van der Waals surface area contributed by atoms with Gasteiger partial charge in [0, 0.05) is 11.5 Å². The molecule has 4 rings (SSSR count). The molecule has 2 nitrogen and oxygen atoms in total. The molecular formula is C25H33N2+. The summed E-state index contributed by atoms with van der Waals surface area (Å²) in [6.07, 6.45) is 8.39. The van der Waals surface area contributed by atoms with Gasteiger partial charge >= 0.3 is 0 Å². The zero-order valence-electron chi connectivity index (χ0n) is 17.2. The van der Waals surface area contributed by atoms with Crippen LogP contribution in [-0.4, -0.2) is 4.57 Å². The van der Waals surface area contributed by atoms with Crippen molar-refractivity contribution in [1.82, 2.24) is 4.57 Å². The number of hydrogen-bond donors (Lipinski definition) is 0. The van der Waals surface area contributed by atoms with E-state index in [1.807, 2.05) is 0 Å². The van der Waals surface area contributed by atoms with Crippen LogP contribution in [0.1, 0.15) is 70.0 Å². The van der Waals surface area contributed by atoms with E-state index in [1.54, 1.807) is 0 Å². The third-order valence-corrected chi connectivity index (χ3v) is 5.63. The highest BCUT2D eigenvalue weighted by Gasteiger charge is 2.34. The van der Waals surface area contributed by atoms with Gasteiger partial charge in [0.2, 0.25) is 6.33 Å². The van der Waals surface area contributed by atoms with Crippen LogP contribution in [-0.2, 0) is 6.54 Å². The number of imidazole rings is 1. The van der Waals surface area contributed by atoms with Crippen molar-refractivity contribution >= 4 is 0 Å². The molecule has 0 fully saturated rings. The van der Waals surface area contributed by atoms with Crippen molar-refractivity contribution in [3.8, 4) is 11.3 Å². The van der Waals surface area contributed by atoms with Gasteiger partial charge in [-0.15, -0.1) is 0 Å². The molecule has 2 aromatic carbocycles. The molecule has 0 N–H and O–H groups in total. The van der Waals surface area contributed by atoms with Crippen molar-refractivity contribution in [3.05, 3.63) is 78.2 Å². The second-order valence-electron chi connectivity index (χ2n) is 7.55. The molecule has 1 aliphatic heterocycles. The highest BCUT2D eigenvalue weighted by atomic mass is 15.2. The number of rotatable bonds is 4. The van der Waals surface area contributed by atoms with Crippen molar-refractivity contribution < 1.29 is 4.57 Å². The molecule has 0 saturated carbocycles. The Hall–Kier alpha value is -2.35. The number of hydrogen-bond acceptors (Lipinski definition) is 0. The summed E-state index contributed by atoms with van der Waals surface area (Å²) in [4.78, 5) is 0. The minimum atomic E-state index is 0.539. The Balaban J connectivity index is 0.000000481. The number of nitrogens with zero attached hydrogens (tertiary/aromatic N) is 2. The summed E-state index contributed by atoms with van der Waals surface area (Å²) in [6, 6.07) is 20.1. The average molecular weight is 362 g/mol. The van der Waals surface area contributed by atoms with E-state index in [0.29, 0.717) is 12.0 Å². The van der Waals surface area contributed by atoms with E-state index >= 15 is 0 Å². The standard InChI is InChI=1S/C21H23N2.C4H10/c1-3-20-16(2)18-11-7-8-12-19(18)21-14-22(15-23(20)21)13-17-9-5-4-6-10-17;1-3-4-2/h4-12,14-16,20H,3,13H2,1-2H3;3-4H2,1-2H3/q+1;/t16?,20-;/m1./s1. The summed E-state index contributed by atoms with van der Waals surface area (Å²) < 4.78 is 4.80. The fourth-order valence-corrected chi connectivity index (χ4v) is 3.96. The van der Waals surface area contributed by atoms with Crippen LogP contribution in [0.2, 0.25) is 0 Å². The highest BCUT2D eigenvalue weighted by Crippen LogP contribution is 2.42. The van der Waals surface area contributed by atoms with Crippen LogP contribution >= 0.6 is 0 Å². The van der Waals surface area contributed by atoms with Gasteiger partial charge in [0.05, 0.1) is 0 Å². The molecule has 27 heavy (non-hydrogen) atoms. The minimum Gasteiger partial charge on any atom is -0.232 e. The summed E-state index contributed by atoms with van der Waals surface area (Å²) in [5.41, 5.74) is 5.56. The fraction of sp³-hybridized carbons (Fsp3) is 0.400. The number of aromatic nitrogens is 2. The molecule has 0 radical (unpaired) electrons. The minimum absolute atomic E-state index is 0.539. The maximum atomic E-state index is 2.48. The average Bonchev–Trinajstić information content (AvgIpc) is 3.13. The highest BCUT2D eigenvalue weighted by molar-refractivity contribution is 5.66. The van der Waals surface area contributed by atoms with Crippen molar-refractivity contribution in [2.45, 2.75) is 65.5 Å². The Morgan fingerprint density at radius 2 is 1.56 bits per heavy atom. The lowest BCUT2D eigenvalue weighted by atomic mass is 9.84. The van der Waals surface area contributed by atoms with Crippen LogP contribution in [0.4, 0.5) is 0 Å². The molecule has 1 unspecified atom stereocenters. The quantitative estimate of drug-likeness (QED) is 0.478. The molecule has 0 aliphatic carbocycles. The summed E-state index contributed by atoms with van der Waals surface area (Å²) in [5.74, 6) is 0.557. The Morgan fingerprint density at radius 3 is 2.22 bits per heavy atom. The van der Waals surface area contributed by atoms with E-state index in [2.05, 4.69) is 104 Å². The molecule has 0 bridgehead atoms. The van der Waals surface area contributed by atoms with Crippen LogP contribution in [0, 0.1) is 0 Å². The van der Waals surface area contributed by atoms with Crippen LogP contribution in [0.5, 0.6) is 0 Å². The number of unbranched alkanes of at least 4 members (excludes halogenated alkanes) is 1. The predicted octanol–water partition coefficient (Wildman–Crippen LogP) is 6.37. The largest absolute Gasteiger partial charge is 0.244 e. The SMILES string of the molecule is CCCC.CC[C@@H]1C(C)c2ccccc2-c2c[n+](Cc3ccccc3)cn21. The molecule has 2 atom stereocenters. The van der Waals surface area contributed by atoms with Gasteiger partial charge in [0.25, 0.3) is 0 Å². The van der Waals surface area contributed by atoms with Crippen LogP contribution in [0.25, 0.3) is 11.3 Å². The molecule has 0 spiro atoms. The molecule has 0 saturated heterocycles. The van der Waals surface area contributed by atoms with Crippen molar-refractivity contribution in [1.29, 1.82) is 0 Å². The van der Waals surface area contributed by atoms with E-state index in [9.17, 15) is 0 Å². The second kappa shape index (κ2) is 9.03. The topological polar surface area (TPSA) is 8.81 Å². The Kier molecular flexibility index (Phi) is 6.49. The fourth-order valence-electron chi connectivity index (χ4n) is 3.96. The van der Waals surface area contributed by atoms with E-state index in [-0.39, 0.29) is 0 Å². The van der Waals surface area contributed by atoms with Crippen LogP contribution < -0.4 is 4.57 Å². The lowest BCUT2D eigenvalue weighted by Gasteiger charge is -2.28. The Bertz CT molecular complexity index is 846. The summed E-state index contributed by atoms with van der Waals surface area (Å²) in [6.45, 7) is 9.94. The zero-order chi connectivity index (χ0) is 19.2. The van der Waals surface area contributed by atoms with Gasteiger partial charge < -0.3 is 0 Å². The molecule has 142 valence electrons. The number of benzene rings is 2. The molecule has 1 aliphatic rings. The van der Waals surface area contributed by atoms with Crippen LogP contribution in [0.15, 0.2) is 67.1 Å². The summed E-state index contributed by atoms with van der Waals surface area (Å²) >= 11 is 0. The second-order valence-corrected chi connectivity index (χ2v) is 7.55. The first-order chi connectivity index (χ1) is 13.2. The van der Waals surface area contributed by atoms with Gasteiger partial charge in [-0.3, -0.25) is 0 Å². The molecule has 2 heteroatoms. The maximum absolute atomic E-state index is 2.48. The zero-order valence-corrected chi connectivity index (χ0v) is 17.2. The summed E-state index contributed by atoms with van der Waals surface area (Å²) in [5, 5.41) is 0. The van der Waals surface area contributed by atoms with E-state index < -0.39 is 0 Å². The lowest BCUT2D eigenvalue weighted by molar-refractivity contribution is -0.687. The third kappa shape index (κ3) is 4.16. The Labute approximate surface area is 164 Å². The summed E-state index contributed by atoms with van der Waals surface area (Å²) in [7, 11) is 0. The van der Waals surface area contributed by atoms with Gasteiger partial charge in [-0.2, -0.15) is 0 Å². The molecule has 2 heterocycles. The first-order valence-corrected chi connectivity index (χ1v) is 10.4. The lowest BCUT2D eigenvalue weighted by Crippen LogP contribution is -2.32. The van der Waals surface area contributed by atoms with Crippen molar-refractivity contribution in [2.75, 3.05) is 0 Å². The van der Waals surface area contributed by atoms with Crippen molar-refractivity contribution in [2.24, 2.45) is 0 Å². The predicted molar refractivity (Wildman–Crippen MR) is 114 cm³/mol. The first-order valence-electron chi connectivity index (χ1n) is 10.4. The van der Waals surface area contributed by atoms with Gasteiger partial charge in [-0.25, -0.2) is 9.13 Å². The van der Waals surface area contributed by atoms with Gasteiger partial charge in [0.15, 0.2) is 5.69 Å². The number of fused-ring (bicyclic) bond motifs is 3. The Morgan fingerprint density at radius 1 is 0.889 bits per heavy atom. The molecule has 0 amide bonds. The normalized spacial score (nSPS) is 17.5. The molecular weight excluding hydrogens is 328 g/mol.